The van der Waals surface area contributed by atoms with Crippen molar-refractivity contribution in [1.82, 2.24) is 0 Å². The van der Waals surface area contributed by atoms with E-state index in [2.05, 4.69) is 12.2 Å². The zero-order valence-electron chi connectivity index (χ0n) is 18.3. The fraction of sp³-hybridized carbons (Fsp3) is 0.280. The molecule has 0 spiro atoms. The Morgan fingerprint density at radius 2 is 2.00 bits per heavy atom. The second kappa shape index (κ2) is 9.62. The number of ether oxygens (including phenoxy) is 2. The van der Waals surface area contributed by atoms with E-state index >= 15 is 0 Å². The maximum absolute atomic E-state index is 13.5. The highest BCUT2D eigenvalue weighted by Gasteiger charge is 2.36. The predicted molar refractivity (Wildman–Crippen MR) is 125 cm³/mol. The Morgan fingerprint density at radius 1 is 1.24 bits per heavy atom. The molecule has 1 aromatic heterocycles. The molecule has 3 aromatic rings. The Bertz CT molecular complexity index is 1190. The number of carbonyl (C=O) groups is 2. The summed E-state index contributed by atoms with van der Waals surface area (Å²) in [5.41, 5.74) is 2.13. The zero-order chi connectivity index (χ0) is 23.5. The Morgan fingerprint density at radius 3 is 2.67 bits per heavy atom. The highest BCUT2D eigenvalue weighted by molar-refractivity contribution is 7.15. The monoisotopic (exact) mass is 469 g/mol. The van der Waals surface area contributed by atoms with E-state index in [0.717, 1.165) is 34.6 Å². The first-order valence-corrected chi connectivity index (χ1v) is 11.5. The average molecular weight is 470 g/mol. The number of unbranched alkanes of at least 4 members (excludes halogenated alkanes) is 1. The Hall–Kier alpha value is -3.39. The molecule has 2 heterocycles. The molecule has 0 saturated heterocycles. The van der Waals surface area contributed by atoms with E-state index in [1.54, 1.807) is 13.2 Å². The number of nitrogens with one attached hydrogen (secondary N) is 1. The van der Waals surface area contributed by atoms with E-state index in [1.807, 2.05) is 12.1 Å². The summed E-state index contributed by atoms with van der Waals surface area (Å²) in [6.45, 7) is 2.57. The van der Waals surface area contributed by atoms with E-state index in [9.17, 15) is 19.1 Å². The topological polar surface area (TPSA) is 84.9 Å². The molecular weight excluding hydrogens is 445 g/mol. The second-order valence-electron chi connectivity index (χ2n) is 7.74. The van der Waals surface area contributed by atoms with Gasteiger partial charge in [0.2, 0.25) is 5.91 Å². The van der Waals surface area contributed by atoms with Crippen molar-refractivity contribution in [2.45, 2.75) is 32.1 Å². The molecule has 0 radical (unpaired) electrons. The van der Waals surface area contributed by atoms with E-state index in [4.69, 9.17) is 9.47 Å². The van der Waals surface area contributed by atoms with Crippen LogP contribution >= 0.6 is 11.3 Å². The molecule has 1 aliphatic heterocycles. The van der Waals surface area contributed by atoms with Crippen LogP contribution in [-0.4, -0.2) is 30.7 Å². The van der Waals surface area contributed by atoms with Crippen molar-refractivity contribution in [2.75, 3.05) is 19.0 Å². The molecule has 0 bridgehead atoms. The van der Waals surface area contributed by atoms with E-state index in [-0.39, 0.29) is 17.2 Å². The van der Waals surface area contributed by atoms with Gasteiger partial charge in [0.1, 0.15) is 10.7 Å². The molecule has 0 unspecified atom stereocenters. The second-order valence-corrected chi connectivity index (χ2v) is 8.80. The Labute approximate surface area is 195 Å². The maximum atomic E-state index is 13.5. The minimum atomic E-state index is -1.10. The molecule has 4 rings (SSSR count). The smallest absolute Gasteiger partial charge is 0.346 e. The van der Waals surface area contributed by atoms with Crippen LogP contribution in [0.25, 0.3) is 11.1 Å². The molecule has 1 atom stereocenters. The molecule has 1 amide bonds. The van der Waals surface area contributed by atoms with Gasteiger partial charge in [-0.1, -0.05) is 37.6 Å². The number of thiophene rings is 1. The van der Waals surface area contributed by atoms with Gasteiger partial charge in [-0.3, -0.25) is 4.79 Å². The summed E-state index contributed by atoms with van der Waals surface area (Å²) >= 11 is 1.12. The number of para-hydroxylation sites is 1. The SMILES string of the molecule is CCCCOc1c(OC)cccc1[C@@H]1CC(=O)Nc2c1sc(C(=O)O)c2-c1ccc(F)cc1. The molecule has 2 aromatic carbocycles. The van der Waals surface area contributed by atoms with Gasteiger partial charge in [0, 0.05) is 28.3 Å². The van der Waals surface area contributed by atoms with Crippen molar-refractivity contribution < 1.29 is 28.6 Å². The molecule has 8 heteroatoms. The highest BCUT2D eigenvalue weighted by atomic mass is 32.1. The summed E-state index contributed by atoms with van der Waals surface area (Å²) in [6, 6.07) is 11.1. The normalized spacial score (nSPS) is 15.0. The van der Waals surface area contributed by atoms with Gasteiger partial charge < -0.3 is 19.9 Å². The first-order valence-electron chi connectivity index (χ1n) is 10.7. The van der Waals surface area contributed by atoms with Crippen LogP contribution in [0.1, 0.15) is 52.2 Å². The van der Waals surface area contributed by atoms with Crippen LogP contribution in [0.2, 0.25) is 0 Å². The van der Waals surface area contributed by atoms with Gasteiger partial charge in [0.05, 0.1) is 19.4 Å². The van der Waals surface area contributed by atoms with Gasteiger partial charge in [-0.25, -0.2) is 9.18 Å². The van der Waals surface area contributed by atoms with Crippen LogP contribution in [0, 0.1) is 5.82 Å². The number of halogens is 1. The summed E-state index contributed by atoms with van der Waals surface area (Å²) in [6.07, 6.45) is 1.98. The number of carbonyl (C=O) groups excluding carboxylic acids is 1. The lowest BCUT2D eigenvalue weighted by atomic mass is 9.88. The van der Waals surface area contributed by atoms with Crippen molar-refractivity contribution in [3.05, 3.63) is 63.6 Å². The summed E-state index contributed by atoms with van der Waals surface area (Å²) in [5.74, 6) is -1.04. The third-order valence-electron chi connectivity index (χ3n) is 5.58. The number of rotatable bonds is 8. The van der Waals surface area contributed by atoms with Gasteiger partial charge in [-0.15, -0.1) is 11.3 Å². The molecule has 0 saturated carbocycles. The molecule has 2 N–H and O–H groups in total. The number of anilines is 1. The number of fused-ring (bicyclic) bond motifs is 1. The van der Waals surface area contributed by atoms with Crippen LogP contribution in [0.5, 0.6) is 11.5 Å². The number of hydrogen-bond donors (Lipinski definition) is 2. The maximum Gasteiger partial charge on any atom is 0.346 e. The number of methoxy groups -OCH3 is 1. The largest absolute Gasteiger partial charge is 0.493 e. The van der Waals surface area contributed by atoms with Crippen molar-refractivity contribution in [1.29, 1.82) is 0 Å². The van der Waals surface area contributed by atoms with Crippen LogP contribution in [0.15, 0.2) is 42.5 Å². The summed E-state index contributed by atoms with van der Waals surface area (Å²) in [5, 5.41) is 12.8. The number of hydrogen-bond acceptors (Lipinski definition) is 5. The van der Waals surface area contributed by atoms with Crippen molar-refractivity contribution in [3.8, 4) is 22.6 Å². The Kier molecular flexibility index (Phi) is 6.65. The predicted octanol–water partition coefficient (Wildman–Crippen LogP) is 5.91. The zero-order valence-corrected chi connectivity index (χ0v) is 19.1. The highest BCUT2D eigenvalue weighted by Crippen LogP contribution is 2.51. The quantitative estimate of drug-likeness (QED) is 0.401. The third-order valence-corrected chi connectivity index (χ3v) is 6.87. The third kappa shape index (κ3) is 4.43. The van der Waals surface area contributed by atoms with Crippen molar-refractivity contribution in [3.63, 3.8) is 0 Å². The minimum Gasteiger partial charge on any atom is -0.493 e. The lowest BCUT2D eigenvalue weighted by Crippen LogP contribution is -2.23. The van der Waals surface area contributed by atoms with Crippen LogP contribution < -0.4 is 14.8 Å². The first-order chi connectivity index (χ1) is 15.9. The van der Waals surface area contributed by atoms with Gasteiger partial charge in [-0.2, -0.15) is 0 Å². The fourth-order valence-corrected chi connectivity index (χ4v) is 5.26. The molecule has 172 valence electrons. The molecule has 6 nitrogen and oxygen atoms in total. The van der Waals surface area contributed by atoms with Gasteiger partial charge in [0.15, 0.2) is 11.5 Å². The number of carboxylic acids is 1. The number of amides is 1. The van der Waals surface area contributed by atoms with E-state index in [1.165, 1.54) is 24.3 Å². The Balaban J connectivity index is 1.89. The van der Waals surface area contributed by atoms with Crippen molar-refractivity contribution in [2.24, 2.45) is 0 Å². The molecule has 0 aliphatic carbocycles. The van der Waals surface area contributed by atoms with Crippen molar-refractivity contribution >= 4 is 28.9 Å². The number of benzene rings is 2. The van der Waals surface area contributed by atoms with Crippen LogP contribution in [0.3, 0.4) is 0 Å². The molecular formula is C25H24FNO5S. The van der Waals surface area contributed by atoms with Gasteiger partial charge in [0.25, 0.3) is 0 Å². The van der Waals surface area contributed by atoms with Gasteiger partial charge in [-0.05, 0) is 30.2 Å². The summed E-state index contributed by atoms with van der Waals surface area (Å²) in [4.78, 5) is 25.7. The van der Waals surface area contributed by atoms with E-state index in [0.29, 0.717) is 34.9 Å². The molecule has 1 aliphatic rings. The first kappa shape index (κ1) is 22.8. The molecule has 0 fully saturated rings. The average Bonchev–Trinajstić information content (AvgIpc) is 3.19. The molecule has 33 heavy (non-hydrogen) atoms. The van der Waals surface area contributed by atoms with Crippen LogP contribution in [-0.2, 0) is 4.79 Å². The standard InChI is InChI=1S/C25H24FNO5S/c1-3-4-12-32-22-16(6-5-7-18(22)31-2)17-13-19(28)27-21-20(14-8-10-15(26)11-9-14)24(25(29)30)33-23(17)21/h5-11,17H,3-4,12-13H2,1-2H3,(H,27,28)(H,29,30)/t17-/m0/s1. The minimum absolute atomic E-state index is 0.0927. The van der Waals surface area contributed by atoms with E-state index < -0.39 is 17.7 Å². The van der Waals surface area contributed by atoms with Gasteiger partial charge >= 0.3 is 5.97 Å². The fourth-order valence-electron chi connectivity index (χ4n) is 4.02. The lowest BCUT2D eigenvalue weighted by molar-refractivity contribution is -0.116. The number of aromatic carboxylic acids is 1. The number of carboxylic acid groups (broad SMARTS) is 1. The summed E-state index contributed by atoms with van der Waals surface area (Å²) in [7, 11) is 1.56. The van der Waals surface area contributed by atoms with Crippen LogP contribution in [0.4, 0.5) is 10.1 Å². The lowest BCUT2D eigenvalue weighted by Gasteiger charge is -2.26. The summed E-state index contributed by atoms with van der Waals surface area (Å²) < 4.78 is 25.1.